The first-order valence-corrected chi connectivity index (χ1v) is 4.48. The lowest BCUT2D eigenvalue weighted by Gasteiger charge is -2.16. The Balaban J connectivity index is 0.000000845. The fourth-order valence-electron chi connectivity index (χ4n) is 1.77. The first kappa shape index (κ1) is 10.6. The van der Waals surface area contributed by atoms with Gasteiger partial charge in [-0.25, -0.2) is 4.79 Å². The minimum Gasteiger partial charge on any atom is -0.448 e. The van der Waals surface area contributed by atoms with Crippen LogP contribution in [0.4, 0.5) is 4.79 Å². The number of rotatable bonds is 2. The highest BCUT2D eigenvalue weighted by molar-refractivity contribution is 5.85. The lowest BCUT2D eigenvalue weighted by Crippen LogP contribution is -2.31. The third-order valence-electron chi connectivity index (χ3n) is 2.49. The van der Waals surface area contributed by atoms with E-state index in [9.17, 15) is 4.79 Å². The summed E-state index contributed by atoms with van der Waals surface area (Å²) in [4.78, 5) is 12.8. The molecule has 1 amide bonds. The van der Waals surface area contributed by atoms with Gasteiger partial charge in [-0.2, -0.15) is 0 Å². The number of nitrogens with one attached hydrogen (secondary N) is 1. The summed E-state index contributed by atoms with van der Waals surface area (Å²) >= 11 is 0. The van der Waals surface area contributed by atoms with Crippen LogP contribution >= 0.6 is 12.4 Å². The zero-order chi connectivity index (χ0) is 8.39. The quantitative estimate of drug-likeness (QED) is 0.714. The van der Waals surface area contributed by atoms with Gasteiger partial charge >= 0.3 is 6.09 Å². The fraction of sp³-hybridized carbons (Fsp3) is 0.875. The van der Waals surface area contributed by atoms with Gasteiger partial charge < -0.3 is 15.0 Å². The van der Waals surface area contributed by atoms with E-state index in [-0.39, 0.29) is 18.5 Å². The fourth-order valence-corrected chi connectivity index (χ4v) is 1.77. The second-order valence-corrected chi connectivity index (χ2v) is 3.42. The molecule has 0 aromatic carbocycles. The topological polar surface area (TPSA) is 41.6 Å². The summed E-state index contributed by atoms with van der Waals surface area (Å²) in [6, 6.07) is 0. The van der Waals surface area contributed by atoms with Crippen molar-refractivity contribution in [3.05, 3.63) is 0 Å². The summed E-state index contributed by atoms with van der Waals surface area (Å²) in [7, 11) is 0. The van der Waals surface area contributed by atoms with Crippen molar-refractivity contribution in [3.8, 4) is 0 Å². The van der Waals surface area contributed by atoms with Crippen LogP contribution in [-0.2, 0) is 4.74 Å². The van der Waals surface area contributed by atoms with Crippen molar-refractivity contribution in [2.75, 3.05) is 32.8 Å². The van der Waals surface area contributed by atoms with Crippen molar-refractivity contribution < 1.29 is 9.53 Å². The Morgan fingerprint density at radius 3 is 3.00 bits per heavy atom. The molecule has 0 aromatic rings. The molecule has 2 aliphatic heterocycles. The Morgan fingerprint density at radius 2 is 2.46 bits per heavy atom. The van der Waals surface area contributed by atoms with Gasteiger partial charge in [0.05, 0.1) is 6.54 Å². The molecule has 13 heavy (non-hydrogen) atoms. The van der Waals surface area contributed by atoms with E-state index in [1.165, 1.54) is 6.42 Å². The third-order valence-corrected chi connectivity index (χ3v) is 2.49. The van der Waals surface area contributed by atoms with E-state index in [0.29, 0.717) is 12.5 Å². The normalized spacial score (nSPS) is 27.2. The van der Waals surface area contributed by atoms with E-state index in [1.54, 1.807) is 4.90 Å². The molecule has 2 saturated heterocycles. The Kier molecular flexibility index (Phi) is 3.81. The van der Waals surface area contributed by atoms with Gasteiger partial charge in [0, 0.05) is 6.54 Å². The van der Waals surface area contributed by atoms with E-state index in [4.69, 9.17) is 4.74 Å². The molecule has 1 atom stereocenters. The molecule has 0 aromatic heterocycles. The van der Waals surface area contributed by atoms with Gasteiger partial charge in [0.2, 0.25) is 0 Å². The Bertz CT molecular complexity index is 183. The van der Waals surface area contributed by atoms with Gasteiger partial charge in [0.25, 0.3) is 0 Å². The maximum absolute atomic E-state index is 11.0. The lowest BCUT2D eigenvalue weighted by atomic mass is 10.1. The second kappa shape index (κ2) is 4.67. The number of halogens is 1. The van der Waals surface area contributed by atoms with E-state index < -0.39 is 0 Å². The zero-order valence-corrected chi connectivity index (χ0v) is 8.31. The summed E-state index contributed by atoms with van der Waals surface area (Å²) in [5.41, 5.74) is 0. The van der Waals surface area contributed by atoms with E-state index >= 15 is 0 Å². The largest absolute Gasteiger partial charge is 0.448 e. The summed E-state index contributed by atoms with van der Waals surface area (Å²) < 4.78 is 4.84. The highest BCUT2D eigenvalue weighted by Crippen LogP contribution is 2.12. The number of carbonyl (C=O) groups excluding carboxylic acids is 1. The molecular weight excluding hydrogens is 192 g/mol. The molecule has 1 N–H and O–H groups in total. The summed E-state index contributed by atoms with van der Waals surface area (Å²) in [5, 5.41) is 3.28. The number of cyclic esters (lactones) is 1. The van der Waals surface area contributed by atoms with Crippen molar-refractivity contribution in [2.45, 2.75) is 6.42 Å². The van der Waals surface area contributed by atoms with Gasteiger partial charge in [-0.3, -0.25) is 0 Å². The lowest BCUT2D eigenvalue weighted by molar-refractivity contribution is 0.155. The number of hydrogen-bond donors (Lipinski definition) is 1. The van der Waals surface area contributed by atoms with Gasteiger partial charge in [0.15, 0.2) is 0 Å². The smallest absolute Gasteiger partial charge is 0.409 e. The third kappa shape index (κ3) is 2.48. The molecule has 2 heterocycles. The molecular formula is C8H15ClN2O2. The van der Waals surface area contributed by atoms with Crippen LogP contribution in [0.15, 0.2) is 0 Å². The standard InChI is InChI=1S/C8H14N2O2.ClH/c11-8-10(3-4-12-8)6-7-1-2-9-5-7;/h7,9H,1-6H2;1H. The number of ether oxygens (including phenoxy) is 1. The molecule has 0 aliphatic carbocycles. The SMILES string of the molecule is Cl.O=C1OCCN1CC1CCNC1. The molecule has 0 bridgehead atoms. The zero-order valence-electron chi connectivity index (χ0n) is 7.49. The maximum Gasteiger partial charge on any atom is 0.409 e. The van der Waals surface area contributed by atoms with Crippen molar-refractivity contribution in [2.24, 2.45) is 5.92 Å². The monoisotopic (exact) mass is 206 g/mol. The first-order chi connectivity index (χ1) is 5.86. The van der Waals surface area contributed by atoms with E-state index in [1.807, 2.05) is 0 Å². The number of carbonyl (C=O) groups is 1. The van der Waals surface area contributed by atoms with Gasteiger partial charge in [-0.1, -0.05) is 0 Å². The van der Waals surface area contributed by atoms with Crippen LogP contribution in [0, 0.1) is 5.92 Å². The van der Waals surface area contributed by atoms with Crippen LogP contribution in [0.1, 0.15) is 6.42 Å². The van der Waals surface area contributed by atoms with Crippen LogP contribution in [-0.4, -0.2) is 43.8 Å². The van der Waals surface area contributed by atoms with Crippen LogP contribution < -0.4 is 5.32 Å². The first-order valence-electron chi connectivity index (χ1n) is 4.48. The van der Waals surface area contributed by atoms with Gasteiger partial charge in [-0.05, 0) is 25.4 Å². The second-order valence-electron chi connectivity index (χ2n) is 3.42. The summed E-state index contributed by atoms with van der Waals surface area (Å²) in [5.74, 6) is 0.635. The van der Waals surface area contributed by atoms with Gasteiger partial charge in [-0.15, -0.1) is 12.4 Å². The van der Waals surface area contributed by atoms with Crippen molar-refractivity contribution >= 4 is 18.5 Å². The van der Waals surface area contributed by atoms with Crippen molar-refractivity contribution in [3.63, 3.8) is 0 Å². The van der Waals surface area contributed by atoms with Crippen molar-refractivity contribution in [1.82, 2.24) is 10.2 Å². The Labute approximate surface area is 84.0 Å². The highest BCUT2D eigenvalue weighted by atomic mass is 35.5. The molecule has 0 spiro atoms. The highest BCUT2D eigenvalue weighted by Gasteiger charge is 2.26. The minimum atomic E-state index is -0.137. The van der Waals surface area contributed by atoms with Crippen LogP contribution in [0.5, 0.6) is 0 Å². The predicted molar refractivity (Wildman–Crippen MR) is 51.1 cm³/mol. The predicted octanol–water partition coefficient (Wildman–Crippen LogP) is 0.470. The molecule has 4 nitrogen and oxygen atoms in total. The molecule has 76 valence electrons. The van der Waals surface area contributed by atoms with Gasteiger partial charge in [0.1, 0.15) is 6.61 Å². The summed E-state index contributed by atoms with van der Waals surface area (Å²) in [6.45, 7) is 4.34. The average Bonchev–Trinajstić information content (AvgIpc) is 2.65. The molecule has 0 radical (unpaired) electrons. The Morgan fingerprint density at radius 1 is 1.62 bits per heavy atom. The van der Waals surface area contributed by atoms with E-state index in [0.717, 1.165) is 26.2 Å². The molecule has 0 saturated carbocycles. The number of hydrogen-bond acceptors (Lipinski definition) is 3. The average molecular weight is 207 g/mol. The number of amides is 1. The Hall–Kier alpha value is -0.480. The number of nitrogens with zero attached hydrogens (tertiary/aromatic N) is 1. The van der Waals surface area contributed by atoms with Crippen LogP contribution in [0.3, 0.4) is 0 Å². The summed E-state index contributed by atoms with van der Waals surface area (Å²) in [6.07, 6.45) is 1.05. The van der Waals surface area contributed by atoms with Crippen LogP contribution in [0.2, 0.25) is 0 Å². The molecule has 1 unspecified atom stereocenters. The molecule has 2 aliphatic rings. The van der Waals surface area contributed by atoms with E-state index in [2.05, 4.69) is 5.32 Å². The van der Waals surface area contributed by atoms with Crippen LogP contribution in [0.25, 0.3) is 0 Å². The minimum absolute atomic E-state index is 0. The molecule has 2 fully saturated rings. The maximum atomic E-state index is 11.0. The van der Waals surface area contributed by atoms with Crippen molar-refractivity contribution in [1.29, 1.82) is 0 Å². The molecule has 5 heteroatoms. The molecule has 2 rings (SSSR count).